The molecule has 0 aliphatic rings. The lowest BCUT2D eigenvalue weighted by molar-refractivity contribution is -0.893. The summed E-state index contributed by atoms with van der Waals surface area (Å²) in [4.78, 5) is 22.7. The van der Waals surface area contributed by atoms with Crippen LogP contribution in [0.25, 0.3) is 0 Å². The van der Waals surface area contributed by atoms with Crippen LogP contribution in [0.5, 0.6) is 0 Å². The van der Waals surface area contributed by atoms with Gasteiger partial charge in [-0.15, -0.1) is 0 Å². The van der Waals surface area contributed by atoms with Crippen LogP contribution in [0.2, 0.25) is 0 Å². The first-order chi connectivity index (χ1) is 15.8. The smallest absolute Gasteiger partial charge is 0.407 e. The summed E-state index contributed by atoms with van der Waals surface area (Å²) in [7, 11) is 4.13. The van der Waals surface area contributed by atoms with E-state index in [0.717, 1.165) is 19.4 Å². The van der Waals surface area contributed by atoms with Crippen LogP contribution >= 0.6 is 0 Å². The van der Waals surface area contributed by atoms with Gasteiger partial charge in [-0.3, -0.25) is 0 Å². The number of amides is 1. The first-order valence-electron chi connectivity index (χ1n) is 13.8. The van der Waals surface area contributed by atoms with Crippen LogP contribution in [0.15, 0.2) is 0 Å². The predicted molar refractivity (Wildman–Crippen MR) is 135 cm³/mol. The topological polar surface area (TPSA) is 78.5 Å². The van der Waals surface area contributed by atoms with Crippen LogP contribution in [0.4, 0.5) is 4.79 Å². The van der Waals surface area contributed by atoms with Crippen LogP contribution in [0.3, 0.4) is 0 Å². The number of quaternary nitrogens is 1. The Bertz CT molecular complexity index is 483. The van der Waals surface area contributed by atoms with E-state index in [9.17, 15) is 14.7 Å². The molecule has 1 atom stereocenters. The van der Waals surface area contributed by atoms with Crippen molar-refractivity contribution in [3.8, 4) is 0 Å². The molecule has 33 heavy (non-hydrogen) atoms. The summed E-state index contributed by atoms with van der Waals surface area (Å²) in [6.07, 6.45) is 19.6. The van der Waals surface area contributed by atoms with Gasteiger partial charge in [0.25, 0.3) is 0 Å². The third-order valence-electron chi connectivity index (χ3n) is 6.32. The van der Waals surface area contributed by atoms with E-state index >= 15 is 0 Å². The molecule has 6 nitrogen and oxygen atoms in total. The number of nitrogens with zero attached hydrogens (tertiary/aromatic N) is 1. The fourth-order valence-electron chi connectivity index (χ4n) is 4.39. The molecule has 0 aromatic heterocycles. The highest BCUT2D eigenvalue weighted by Crippen LogP contribution is 2.16. The molecule has 0 aromatic rings. The Labute approximate surface area is 204 Å². The van der Waals surface area contributed by atoms with Crippen molar-refractivity contribution in [1.82, 2.24) is 5.32 Å². The maximum Gasteiger partial charge on any atom is 0.407 e. The standard InChI is InChI=1S/C27H54N2O4/c1-5-7-8-9-10-11-12-13-14-15-16-17-18-19-21-25(33-27(32)28-6-2)24-29(3,4)23-20-22-26(30)31/h25H,5-24H2,1-4H3,(H-,28,30,31,32). The van der Waals surface area contributed by atoms with E-state index in [2.05, 4.69) is 26.3 Å². The summed E-state index contributed by atoms with van der Waals surface area (Å²) in [5.41, 5.74) is 0. The Morgan fingerprint density at radius 2 is 1.27 bits per heavy atom. The number of carbonyl (C=O) groups is 2. The Morgan fingerprint density at radius 1 is 0.788 bits per heavy atom. The van der Waals surface area contributed by atoms with E-state index in [1.165, 1.54) is 83.5 Å². The highest BCUT2D eigenvalue weighted by atomic mass is 16.6. The van der Waals surface area contributed by atoms with Gasteiger partial charge < -0.3 is 24.4 Å². The molecule has 0 fully saturated rings. The molecule has 196 valence electrons. The molecule has 1 unspecified atom stereocenters. The number of carboxylic acid groups (broad SMARTS) is 1. The zero-order valence-corrected chi connectivity index (χ0v) is 22.3. The lowest BCUT2D eigenvalue weighted by atomic mass is 10.0. The lowest BCUT2D eigenvalue weighted by Gasteiger charge is -2.33. The number of alkyl carbamates (subject to hydrolysis) is 1. The van der Waals surface area contributed by atoms with Gasteiger partial charge in [-0.25, -0.2) is 4.79 Å². The molecule has 0 spiro atoms. The fraction of sp³-hybridized carbons (Fsp3) is 0.926. The Balaban J connectivity index is 3.99. The molecule has 0 aliphatic carbocycles. The van der Waals surface area contributed by atoms with Gasteiger partial charge in [0.1, 0.15) is 6.54 Å². The first-order valence-corrected chi connectivity index (χ1v) is 13.8. The second-order valence-electron chi connectivity index (χ2n) is 10.3. The van der Waals surface area contributed by atoms with Crippen LogP contribution in [0.1, 0.15) is 123 Å². The van der Waals surface area contributed by atoms with E-state index < -0.39 is 5.97 Å². The molecular formula is C27H54N2O4. The molecule has 0 bridgehead atoms. The summed E-state index contributed by atoms with van der Waals surface area (Å²) in [6.45, 7) is 6.12. The summed E-state index contributed by atoms with van der Waals surface area (Å²) in [6, 6.07) is 0. The van der Waals surface area contributed by atoms with Crippen LogP contribution < -0.4 is 10.4 Å². The van der Waals surface area contributed by atoms with Crippen LogP contribution in [-0.4, -0.2) is 56.4 Å². The number of carbonyl (C=O) groups excluding carboxylic acids is 2. The van der Waals surface area contributed by atoms with E-state index in [1.54, 1.807) is 0 Å². The predicted octanol–water partition coefficient (Wildman–Crippen LogP) is 5.58. The summed E-state index contributed by atoms with van der Waals surface area (Å²) < 4.78 is 6.31. The zero-order chi connectivity index (χ0) is 24.8. The molecular weight excluding hydrogens is 416 g/mol. The van der Waals surface area contributed by atoms with Crippen molar-refractivity contribution in [1.29, 1.82) is 0 Å². The highest BCUT2D eigenvalue weighted by molar-refractivity contribution is 5.67. The van der Waals surface area contributed by atoms with Gasteiger partial charge in [0.15, 0.2) is 6.10 Å². The maximum atomic E-state index is 12.0. The first kappa shape index (κ1) is 31.7. The normalized spacial score (nSPS) is 12.5. The summed E-state index contributed by atoms with van der Waals surface area (Å²) >= 11 is 0. The maximum absolute atomic E-state index is 12.0. The molecule has 0 rings (SSSR count). The monoisotopic (exact) mass is 470 g/mol. The number of carboxylic acids is 1. The Kier molecular flexibility index (Phi) is 20.4. The molecule has 0 saturated heterocycles. The molecule has 1 N–H and O–H groups in total. The SMILES string of the molecule is CCCCCCCCCCCCCCCCC(C[N+](C)(C)CCCC(=O)[O-])OC(=O)NCC. The second kappa shape index (κ2) is 21.2. The van der Waals surface area contributed by atoms with Gasteiger partial charge in [-0.2, -0.15) is 0 Å². The number of hydrogen-bond acceptors (Lipinski definition) is 4. The van der Waals surface area contributed by atoms with Gasteiger partial charge in [-0.05, 0) is 26.2 Å². The number of ether oxygens (including phenoxy) is 1. The minimum Gasteiger partial charge on any atom is -0.550 e. The summed E-state index contributed by atoms with van der Waals surface area (Å²) in [5.74, 6) is -1.01. The minimum atomic E-state index is -1.01. The van der Waals surface area contributed by atoms with Crippen LogP contribution in [-0.2, 0) is 9.53 Å². The van der Waals surface area contributed by atoms with Crippen molar-refractivity contribution in [2.24, 2.45) is 0 Å². The number of rotatable bonds is 23. The quantitative estimate of drug-likeness (QED) is 0.156. The van der Waals surface area contributed by atoms with Crippen LogP contribution in [0, 0.1) is 0 Å². The van der Waals surface area contributed by atoms with E-state index in [-0.39, 0.29) is 18.6 Å². The average molecular weight is 471 g/mol. The molecule has 6 heteroatoms. The van der Waals surface area contributed by atoms with Gasteiger partial charge in [-0.1, -0.05) is 90.4 Å². The molecule has 0 saturated carbocycles. The summed E-state index contributed by atoms with van der Waals surface area (Å²) in [5, 5.41) is 13.4. The van der Waals surface area contributed by atoms with Crippen molar-refractivity contribution in [2.75, 3.05) is 33.7 Å². The molecule has 0 radical (unpaired) electrons. The number of aliphatic carboxylic acids is 1. The highest BCUT2D eigenvalue weighted by Gasteiger charge is 2.24. The molecule has 1 amide bonds. The lowest BCUT2D eigenvalue weighted by Crippen LogP contribution is -2.48. The number of unbranched alkanes of at least 4 members (excludes halogenated alkanes) is 13. The zero-order valence-electron chi connectivity index (χ0n) is 22.3. The molecule has 0 aliphatic heterocycles. The van der Waals surface area contributed by atoms with Crippen molar-refractivity contribution in [3.05, 3.63) is 0 Å². The van der Waals surface area contributed by atoms with Gasteiger partial charge >= 0.3 is 6.09 Å². The largest absolute Gasteiger partial charge is 0.550 e. The van der Waals surface area contributed by atoms with Gasteiger partial charge in [0, 0.05) is 18.9 Å². The van der Waals surface area contributed by atoms with Crippen molar-refractivity contribution < 1.29 is 23.9 Å². The van der Waals surface area contributed by atoms with Gasteiger partial charge in [0.2, 0.25) is 0 Å². The van der Waals surface area contributed by atoms with E-state index in [0.29, 0.717) is 24.0 Å². The second-order valence-corrected chi connectivity index (χ2v) is 10.3. The van der Waals surface area contributed by atoms with Crippen molar-refractivity contribution >= 4 is 12.1 Å². The van der Waals surface area contributed by atoms with E-state index in [1.807, 2.05) is 6.92 Å². The average Bonchev–Trinajstić information content (AvgIpc) is 2.73. The molecule has 0 aromatic carbocycles. The van der Waals surface area contributed by atoms with E-state index in [4.69, 9.17) is 4.74 Å². The minimum absolute atomic E-state index is 0.0719. The fourth-order valence-corrected chi connectivity index (χ4v) is 4.39. The Hall–Kier alpha value is -1.30. The number of nitrogens with one attached hydrogen (secondary N) is 1. The van der Waals surface area contributed by atoms with Gasteiger partial charge in [0.05, 0.1) is 20.6 Å². The molecule has 0 heterocycles. The van der Waals surface area contributed by atoms with Crippen molar-refractivity contribution in [3.63, 3.8) is 0 Å². The Morgan fingerprint density at radius 3 is 1.73 bits per heavy atom. The number of likely N-dealkylation sites (N-methyl/N-ethyl adjacent to an activating group) is 1. The third kappa shape index (κ3) is 22.3. The third-order valence-corrected chi connectivity index (χ3v) is 6.32. The van der Waals surface area contributed by atoms with Crippen molar-refractivity contribution in [2.45, 2.75) is 129 Å². The number of hydrogen-bond donors (Lipinski definition) is 1.